The number of carbonyl (C=O) groups is 2. The SMILES string of the molecule is COC(=O)C1(c2cccc(Oc3ccc(C#N)cc3)c2)CC1C(=O)NO. The molecule has 0 bridgehead atoms. The summed E-state index contributed by atoms with van der Waals surface area (Å²) in [5.41, 5.74) is 1.55. The molecule has 0 aliphatic heterocycles. The first kappa shape index (κ1) is 17.5. The molecule has 132 valence electrons. The molecule has 2 atom stereocenters. The van der Waals surface area contributed by atoms with E-state index in [1.54, 1.807) is 54.0 Å². The minimum Gasteiger partial charge on any atom is -0.468 e. The number of hydroxylamine groups is 1. The van der Waals surface area contributed by atoms with Crippen LogP contribution in [0.4, 0.5) is 0 Å². The Balaban J connectivity index is 1.89. The standard InChI is InChI=1S/C19H16N2O5/c1-25-18(23)19(10-16(19)17(22)21-24)13-3-2-4-15(9-13)26-14-7-5-12(11-20)6-8-14/h2-9,16,24H,10H2,1H3,(H,21,22). The second-order valence-electron chi connectivity index (χ2n) is 5.96. The van der Waals surface area contributed by atoms with E-state index in [1.165, 1.54) is 7.11 Å². The number of benzene rings is 2. The van der Waals surface area contributed by atoms with Gasteiger partial charge in [-0.1, -0.05) is 12.1 Å². The van der Waals surface area contributed by atoms with Gasteiger partial charge in [-0.3, -0.25) is 14.8 Å². The number of hydrogen-bond acceptors (Lipinski definition) is 6. The lowest BCUT2D eigenvalue weighted by atomic mass is 9.92. The first-order valence-corrected chi connectivity index (χ1v) is 7.86. The van der Waals surface area contributed by atoms with Crippen LogP contribution in [0.15, 0.2) is 48.5 Å². The Labute approximate surface area is 149 Å². The summed E-state index contributed by atoms with van der Waals surface area (Å²) in [5.74, 6) is -0.861. The summed E-state index contributed by atoms with van der Waals surface area (Å²) in [7, 11) is 1.26. The molecule has 7 heteroatoms. The van der Waals surface area contributed by atoms with Crippen molar-refractivity contribution in [2.45, 2.75) is 11.8 Å². The Morgan fingerprint density at radius 3 is 2.58 bits per heavy atom. The molecular weight excluding hydrogens is 336 g/mol. The molecular formula is C19H16N2O5. The first-order valence-electron chi connectivity index (χ1n) is 7.86. The minimum atomic E-state index is -1.13. The maximum Gasteiger partial charge on any atom is 0.317 e. The van der Waals surface area contributed by atoms with Crippen molar-refractivity contribution in [3.05, 3.63) is 59.7 Å². The van der Waals surface area contributed by atoms with Crippen LogP contribution in [0.1, 0.15) is 17.5 Å². The van der Waals surface area contributed by atoms with E-state index in [-0.39, 0.29) is 6.42 Å². The van der Waals surface area contributed by atoms with E-state index in [1.807, 2.05) is 6.07 Å². The smallest absolute Gasteiger partial charge is 0.317 e. The summed E-state index contributed by atoms with van der Waals surface area (Å²) >= 11 is 0. The van der Waals surface area contributed by atoms with Gasteiger partial charge in [-0.25, -0.2) is 5.48 Å². The van der Waals surface area contributed by atoms with Gasteiger partial charge in [0.1, 0.15) is 16.9 Å². The van der Waals surface area contributed by atoms with Crippen LogP contribution >= 0.6 is 0 Å². The average molecular weight is 352 g/mol. The number of amides is 1. The highest BCUT2D eigenvalue weighted by atomic mass is 16.5. The van der Waals surface area contributed by atoms with Gasteiger partial charge in [0.2, 0.25) is 5.91 Å². The van der Waals surface area contributed by atoms with Crippen molar-refractivity contribution < 1.29 is 24.3 Å². The fraction of sp³-hybridized carbons (Fsp3) is 0.211. The molecule has 1 saturated carbocycles. The van der Waals surface area contributed by atoms with Gasteiger partial charge in [0.25, 0.3) is 0 Å². The number of nitrogens with zero attached hydrogens (tertiary/aromatic N) is 1. The minimum absolute atomic E-state index is 0.242. The van der Waals surface area contributed by atoms with E-state index in [0.717, 1.165) is 0 Å². The summed E-state index contributed by atoms with van der Waals surface area (Å²) in [6.07, 6.45) is 0.242. The fourth-order valence-electron chi connectivity index (χ4n) is 3.07. The number of ether oxygens (including phenoxy) is 2. The zero-order valence-electron chi connectivity index (χ0n) is 13.9. The third kappa shape index (κ3) is 2.98. The Kier molecular flexibility index (Phi) is 4.61. The quantitative estimate of drug-likeness (QED) is 0.485. The number of hydrogen-bond donors (Lipinski definition) is 2. The lowest BCUT2D eigenvalue weighted by Crippen LogP contribution is -2.31. The van der Waals surface area contributed by atoms with Crippen molar-refractivity contribution in [1.82, 2.24) is 5.48 Å². The summed E-state index contributed by atoms with van der Waals surface area (Å²) in [5, 5.41) is 17.7. The predicted octanol–water partition coefficient (Wildman–Crippen LogP) is 2.29. The van der Waals surface area contributed by atoms with Crippen LogP contribution in [0.3, 0.4) is 0 Å². The van der Waals surface area contributed by atoms with Crippen LogP contribution in [0.25, 0.3) is 0 Å². The van der Waals surface area contributed by atoms with Crippen LogP contribution in [0.2, 0.25) is 0 Å². The molecule has 3 rings (SSSR count). The Bertz CT molecular complexity index is 888. The van der Waals surface area contributed by atoms with Crippen molar-refractivity contribution in [3.8, 4) is 17.6 Å². The molecule has 1 amide bonds. The molecule has 2 unspecified atom stereocenters. The molecule has 2 aromatic carbocycles. The maximum atomic E-state index is 12.3. The van der Waals surface area contributed by atoms with Crippen molar-refractivity contribution in [1.29, 1.82) is 5.26 Å². The van der Waals surface area contributed by atoms with E-state index in [0.29, 0.717) is 22.6 Å². The molecule has 0 saturated heterocycles. The van der Waals surface area contributed by atoms with E-state index in [2.05, 4.69) is 0 Å². The van der Waals surface area contributed by atoms with E-state index in [9.17, 15) is 9.59 Å². The Morgan fingerprint density at radius 2 is 1.96 bits per heavy atom. The van der Waals surface area contributed by atoms with Crippen LogP contribution in [0, 0.1) is 17.2 Å². The number of nitrogens with one attached hydrogen (secondary N) is 1. The highest BCUT2D eigenvalue weighted by Crippen LogP contribution is 2.55. The van der Waals surface area contributed by atoms with Crippen molar-refractivity contribution in [2.24, 2.45) is 5.92 Å². The van der Waals surface area contributed by atoms with Gasteiger partial charge in [-0.2, -0.15) is 5.26 Å². The zero-order valence-corrected chi connectivity index (χ0v) is 13.9. The summed E-state index contributed by atoms with van der Waals surface area (Å²) in [6, 6.07) is 15.5. The normalized spacial score (nSPS) is 20.6. The largest absolute Gasteiger partial charge is 0.468 e. The molecule has 2 N–H and O–H groups in total. The van der Waals surface area contributed by atoms with E-state index in [4.69, 9.17) is 19.9 Å². The lowest BCUT2D eigenvalue weighted by Gasteiger charge is -2.16. The predicted molar refractivity (Wildman–Crippen MR) is 89.4 cm³/mol. The average Bonchev–Trinajstić information content (AvgIpc) is 3.44. The van der Waals surface area contributed by atoms with E-state index < -0.39 is 23.2 Å². The van der Waals surface area contributed by atoms with E-state index >= 15 is 0 Å². The van der Waals surface area contributed by atoms with Gasteiger partial charge in [-0.15, -0.1) is 0 Å². The van der Waals surface area contributed by atoms with Crippen molar-refractivity contribution >= 4 is 11.9 Å². The molecule has 0 heterocycles. The molecule has 2 aromatic rings. The number of methoxy groups -OCH3 is 1. The topological polar surface area (TPSA) is 109 Å². The van der Waals surface area contributed by atoms with Gasteiger partial charge in [0.05, 0.1) is 24.7 Å². The molecule has 0 spiro atoms. The monoisotopic (exact) mass is 352 g/mol. The van der Waals surface area contributed by atoms with Crippen molar-refractivity contribution in [2.75, 3.05) is 7.11 Å². The van der Waals surface area contributed by atoms with Gasteiger partial charge in [0.15, 0.2) is 0 Å². The van der Waals surface area contributed by atoms with Gasteiger partial charge < -0.3 is 9.47 Å². The van der Waals surface area contributed by atoms with Crippen LogP contribution in [-0.4, -0.2) is 24.2 Å². The van der Waals surface area contributed by atoms with Gasteiger partial charge in [0, 0.05) is 0 Å². The Hall–Kier alpha value is -3.37. The molecule has 7 nitrogen and oxygen atoms in total. The summed E-state index contributed by atoms with van der Waals surface area (Å²) < 4.78 is 10.6. The number of carbonyl (C=O) groups excluding carboxylic acids is 2. The third-order valence-corrected chi connectivity index (χ3v) is 4.51. The first-order chi connectivity index (χ1) is 12.5. The van der Waals surface area contributed by atoms with Crippen molar-refractivity contribution in [3.63, 3.8) is 0 Å². The lowest BCUT2D eigenvalue weighted by molar-refractivity contribution is -0.146. The third-order valence-electron chi connectivity index (χ3n) is 4.51. The number of rotatable bonds is 5. The number of esters is 1. The van der Waals surface area contributed by atoms with Gasteiger partial charge in [-0.05, 0) is 48.4 Å². The molecule has 0 radical (unpaired) electrons. The Morgan fingerprint density at radius 1 is 1.23 bits per heavy atom. The molecule has 0 aromatic heterocycles. The second-order valence-corrected chi connectivity index (χ2v) is 5.96. The number of nitriles is 1. The highest BCUT2D eigenvalue weighted by Gasteiger charge is 2.65. The molecule has 1 aliphatic carbocycles. The molecule has 1 aliphatic rings. The second kappa shape index (κ2) is 6.86. The maximum absolute atomic E-state index is 12.3. The zero-order chi connectivity index (χ0) is 18.7. The van der Waals surface area contributed by atoms with Crippen LogP contribution in [-0.2, 0) is 19.7 Å². The fourth-order valence-corrected chi connectivity index (χ4v) is 3.07. The summed E-state index contributed by atoms with van der Waals surface area (Å²) in [4.78, 5) is 24.1. The molecule has 26 heavy (non-hydrogen) atoms. The van der Waals surface area contributed by atoms with Gasteiger partial charge >= 0.3 is 5.97 Å². The highest BCUT2D eigenvalue weighted by molar-refractivity contribution is 5.97. The van der Waals surface area contributed by atoms with Crippen LogP contribution in [0.5, 0.6) is 11.5 Å². The molecule has 1 fully saturated rings. The van der Waals surface area contributed by atoms with Crippen LogP contribution < -0.4 is 10.2 Å². The summed E-state index contributed by atoms with van der Waals surface area (Å²) in [6.45, 7) is 0.